The average Bonchev–Trinajstić information content (AvgIpc) is 3.37. The molecule has 0 aromatic rings. The van der Waals surface area contributed by atoms with Gasteiger partial charge in [-0.1, -0.05) is 24.3 Å². The minimum Gasteiger partial charge on any atom is -0.373 e. The molecule has 5 fully saturated rings. The van der Waals surface area contributed by atoms with Gasteiger partial charge in [-0.15, -0.1) is 0 Å². The molecule has 0 aromatic heterocycles. The molecular formula is C19H24O2. The number of hydrogen-bond acceptors (Lipinski definition) is 2. The molecule has 3 saturated carbocycles. The first-order valence-electron chi connectivity index (χ1n) is 8.97. The van der Waals surface area contributed by atoms with Crippen LogP contribution in [0.2, 0.25) is 0 Å². The fourth-order valence-corrected chi connectivity index (χ4v) is 6.91. The first-order valence-corrected chi connectivity index (χ1v) is 8.97. The normalized spacial score (nSPS) is 61.9. The Bertz CT molecular complexity index is 532. The van der Waals surface area contributed by atoms with E-state index >= 15 is 0 Å². The highest BCUT2D eigenvalue weighted by atomic mass is 16.6. The quantitative estimate of drug-likeness (QED) is 0.743. The number of allylic oxidation sites excluding steroid dienone is 4. The second kappa shape index (κ2) is 3.83. The van der Waals surface area contributed by atoms with Crippen molar-refractivity contribution in [1.82, 2.24) is 0 Å². The summed E-state index contributed by atoms with van der Waals surface area (Å²) in [4.78, 5) is 0. The maximum absolute atomic E-state index is 5.98. The summed E-state index contributed by atoms with van der Waals surface area (Å²) in [5.74, 6) is 4.64. The Morgan fingerprint density at radius 1 is 1.05 bits per heavy atom. The Balaban J connectivity index is 1.36. The van der Waals surface area contributed by atoms with Crippen molar-refractivity contribution in [1.29, 1.82) is 0 Å². The molecule has 21 heavy (non-hydrogen) atoms. The van der Waals surface area contributed by atoms with Crippen molar-refractivity contribution in [2.45, 2.75) is 50.4 Å². The van der Waals surface area contributed by atoms with E-state index in [1.54, 1.807) is 0 Å². The molecule has 6 rings (SSSR count). The second-order valence-corrected chi connectivity index (χ2v) is 8.44. The van der Waals surface area contributed by atoms with Crippen molar-refractivity contribution in [2.75, 3.05) is 6.61 Å². The van der Waals surface area contributed by atoms with Crippen molar-refractivity contribution in [3.63, 3.8) is 0 Å². The zero-order chi connectivity index (χ0) is 13.6. The fraction of sp³-hybridized carbons (Fsp3) is 0.789. The highest BCUT2D eigenvalue weighted by molar-refractivity contribution is 5.24. The largest absolute Gasteiger partial charge is 0.373 e. The molecule has 112 valence electrons. The highest BCUT2D eigenvalue weighted by Crippen LogP contribution is 2.70. The lowest BCUT2D eigenvalue weighted by atomic mass is 9.61. The lowest BCUT2D eigenvalue weighted by molar-refractivity contribution is 0.103. The highest BCUT2D eigenvalue weighted by Gasteiger charge is 2.70. The van der Waals surface area contributed by atoms with Crippen LogP contribution >= 0.6 is 0 Å². The van der Waals surface area contributed by atoms with Crippen LogP contribution < -0.4 is 0 Å². The van der Waals surface area contributed by atoms with E-state index in [1.165, 1.54) is 32.1 Å². The van der Waals surface area contributed by atoms with E-state index in [9.17, 15) is 0 Å². The Kier molecular flexibility index (Phi) is 2.17. The summed E-state index contributed by atoms with van der Waals surface area (Å²) in [5.41, 5.74) is 0.393. The monoisotopic (exact) mass is 284 g/mol. The van der Waals surface area contributed by atoms with Crippen molar-refractivity contribution < 1.29 is 9.47 Å². The number of epoxide rings is 2. The zero-order valence-electron chi connectivity index (χ0n) is 12.5. The summed E-state index contributed by atoms with van der Waals surface area (Å²) in [6, 6.07) is 0. The van der Waals surface area contributed by atoms with Crippen molar-refractivity contribution in [2.24, 2.45) is 35.0 Å². The minimum absolute atomic E-state index is 0.393. The first kappa shape index (κ1) is 11.9. The van der Waals surface area contributed by atoms with Crippen LogP contribution in [0, 0.1) is 35.0 Å². The fourth-order valence-electron chi connectivity index (χ4n) is 6.91. The summed E-state index contributed by atoms with van der Waals surface area (Å²) in [7, 11) is 0. The molecule has 2 heterocycles. The van der Waals surface area contributed by atoms with Crippen LogP contribution in [-0.4, -0.2) is 24.9 Å². The molecule has 0 radical (unpaired) electrons. The van der Waals surface area contributed by atoms with Gasteiger partial charge in [0, 0.05) is 0 Å². The summed E-state index contributed by atoms with van der Waals surface area (Å²) >= 11 is 0. The third-order valence-electron chi connectivity index (χ3n) is 7.69. The summed E-state index contributed by atoms with van der Waals surface area (Å²) in [6.07, 6.45) is 18.3. The molecule has 9 unspecified atom stereocenters. The summed E-state index contributed by atoms with van der Waals surface area (Å²) in [5, 5.41) is 0. The lowest BCUT2D eigenvalue weighted by Gasteiger charge is -2.42. The van der Waals surface area contributed by atoms with Gasteiger partial charge in [-0.25, -0.2) is 0 Å². The minimum atomic E-state index is 0.393. The van der Waals surface area contributed by atoms with E-state index in [4.69, 9.17) is 9.47 Å². The summed E-state index contributed by atoms with van der Waals surface area (Å²) in [6.45, 7) is 1.000. The molecule has 0 spiro atoms. The van der Waals surface area contributed by atoms with Gasteiger partial charge in [0.05, 0.1) is 24.9 Å². The zero-order valence-corrected chi connectivity index (χ0v) is 12.5. The molecule has 0 amide bonds. The van der Waals surface area contributed by atoms with Crippen LogP contribution in [0.5, 0.6) is 0 Å². The van der Waals surface area contributed by atoms with Crippen LogP contribution in [0.4, 0.5) is 0 Å². The summed E-state index contributed by atoms with van der Waals surface area (Å²) < 4.78 is 11.6. The standard InChI is InChI=1S/C19H24O2/c1-2-6-19(7-3-1,9-11-10-20-11)15-5-4-12-13-8-14(16(12)15)18-17(13)21-18/h1-3,6,11-18H,4-5,7-10H2. The van der Waals surface area contributed by atoms with Crippen LogP contribution in [0.15, 0.2) is 24.3 Å². The van der Waals surface area contributed by atoms with Gasteiger partial charge in [0.25, 0.3) is 0 Å². The van der Waals surface area contributed by atoms with Crippen LogP contribution in [0.25, 0.3) is 0 Å². The Morgan fingerprint density at radius 2 is 1.95 bits per heavy atom. The van der Waals surface area contributed by atoms with Gasteiger partial charge in [-0.3, -0.25) is 0 Å². The first-order chi connectivity index (χ1) is 10.4. The van der Waals surface area contributed by atoms with Gasteiger partial charge in [0.15, 0.2) is 0 Å². The number of hydrogen-bond donors (Lipinski definition) is 0. The molecule has 0 aromatic carbocycles. The molecule has 9 atom stereocenters. The Hall–Kier alpha value is -0.600. The predicted molar refractivity (Wildman–Crippen MR) is 79.6 cm³/mol. The predicted octanol–water partition coefficient (Wildman–Crippen LogP) is 3.34. The third-order valence-corrected chi connectivity index (χ3v) is 7.69. The number of fused-ring (bicyclic) bond motifs is 8. The molecule has 2 nitrogen and oxygen atoms in total. The van der Waals surface area contributed by atoms with E-state index in [-0.39, 0.29) is 0 Å². The van der Waals surface area contributed by atoms with E-state index in [1.807, 2.05) is 0 Å². The maximum Gasteiger partial charge on any atom is 0.0875 e. The van der Waals surface area contributed by atoms with Gasteiger partial charge < -0.3 is 9.47 Å². The van der Waals surface area contributed by atoms with E-state index in [2.05, 4.69) is 24.3 Å². The van der Waals surface area contributed by atoms with Crippen molar-refractivity contribution >= 4 is 0 Å². The van der Waals surface area contributed by atoms with Gasteiger partial charge in [0.1, 0.15) is 0 Å². The van der Waals surface area contributed by atoms with Gasteiger partial charge in [-0.05, 0) is 67.1 Å². The number of rotatable bonds is 3. The molecule has 2 bridgehead atoms. The average molecular weight is 284 g/mol. The SMILES string of the molecule is C1=CCC(CC2CO2)(C2CCC3C4CC(C5OC45)C32)C=C1. The van der Waals surface area contributed by atoms with E-state index < -0.39 is 0 Å². The molecule has 2 saturated heterocycles. The van der Waals surface area contributed by atoms with Gasteiger partial charge in [-0.2, -0.15) is 0 Å². The molecular weight excluding hydrogens is 260 g/mol. The maximum atomic E-state index is 5.98. The lowest BCUT2D eigenvalue weighted by Crippen LogP contribution is -2.38. The van der Waals surface area contributed by atoms with Crippen molar-refractivity contribution in [3.8, 4) is 0 Å². The topological polar surface area (TPSA) is 25.1 Å². The van der Waals surface area contributed by atoms with Gasteiger partial charge in [0.2, 0.25) is 0 Å². The smallest absolute Gasteiger partial charge is 0.0875 e. The Morgan fingerprint density at radius 3 is 2.76 bits per heavy atom. The molecule has 0 N–H and O–H groups in total. The Labute approximate surface area is 126 Å². The van der Waals surface area contributed by atoms with Crippen molar-refractivity contribution in [3.05, 3.63) is 24.3 Å². The van der Waals surface area contributed by atoms with Gasteiger partial charge >= 0.3 is 0 Å². The van der Waals surface area contributed by atoms with Crippen LogP contribution in [0.1, 0.15) is 32.1 Å². The van der Waals surface area contributed by atoms with E-state index in [0.717, 1.165) is 36.2 Å². The van der Waals surface area contributed by atoms with Crippen LogP contribution in [0.3, 0.4) is 0 Å². The molecule has 2 heteroatoms. The third kappa shape index (κ3) is 1.51. The molecule has 6 aliphatic rings. The second-order valence-electron chi connectivity index (χ2n) is 8.44. The molecule has 4 aliphatic carbocycles. The van der Waals surface area contributed by atoms with Crippen LogP contribution in [-0.2, 0) is 9.47 Å². The van der Waals surface area contributed by atoms with E-state index in [0.29, 0.717) is 23.7 Å². The molecule has 2 aliphatic heterocycles. The number of ether oxygens (including phenoxy) is 2.